The van der Waals surface area contributed by atoms with Crippen molar-refractivity contribution < 1.29 is 9.80 Å². The fourth-order valence-corrected chi connectivity index (χ4v) is 4.60. The monoisotopic (exact) mass is 397 g/mol. The molecule has 0 bridgehead atoms. The number of nitrogens with two attached hydrogens (primary N) is 1. The van der Waals surface area contributed by atoms with Gasteiger partial charge < -0.3 is 10.6 Å². The van der Waals surface area contributed by atoms with E-state index in [-0.39, 0.29) is 0 Å². The van der Waals surface area contributed by atoms with Gasteiger partial charge in [-0.25, -0.2) is 0 Å². The molecule has 5 nitrogen and oxygen atoms in total. The summed E-state index contributed by atoms with van der Waals surface area (Å²) in [4.78, 5) is 12.3. The number of nitrogens with one attached hydrogen (secondary N) is 2. The lowest BCUT2D eigenvalue weighted by Crippen LogP contribution is -3.26. The third-order valence-electron chi connectivity index (χ3n) is 6.12. The van der Waals surface area contributed by atoms with E-state index in [1.807, 2.05) is 24.3 Å². The molecule has 30 heavy (non-hydrogen) atoms. The maximum absolute atomic E-state index is 6.22. The molecular weight excluding hydrogens is 370 g/mol. The first-order valence-corrected chi connectivity index (χ1v) is 10.6. The standard InChI is InChI=1S/C25H25N5/c26-24-21-13-7-8-14-22(21)27-25(28-24)30-17-15-29(16-18-30)23(19-9-3-1-4-10-19)20-11-5-2-6-12-20/h1-14,23H,15-18H2,(H2,26,27,28)/p+2. The van der Waals surface area contributed by atoms with Crippen LogP contribution in [0.5, 0.6) is 0 Å². The number of hydrogen-bond acceptors (Lipinski definition) is 3. The van der Waals surface area contributed by atoms with Gasteiger partial charge in [-0.3, -0.25) is 4.90 Å². The highest BCUT2D eigenvalue weighted by atomic mass is 15.3. The molecule has 5 heteroatoms. The van der Waals surface area contributed by atoms with Gasteiger partial charge >= 0.3 is 5.95 Å². The highest BCUT2D eigenvalue weighted by Crippen LogP contribution is 2.19. The van der Waals surface area contributed by atoms with Crippen LogP contribution in [0.25, 0.3) is 10.9 Å². The number of piperazine rings is 1. The summed E-state index contributed by atoms with van der Waals surface area (Å²) in [5.74, 6) is 1.39. The highest BCUT2D eigenvalue weighted by Gasteiger charge is 2.33. The van der Waals surface area contributed by atoms with Crippen LogP contribution in [0.4, 0.5) is 11.8 Å². The van der Waals surface area contributed by atoms with E-state index in [0.29, 0.717) is 11.9 Å². The molecule has 4 aromatic rings. The van der Waals surface area contributed by atoms with Gasteiger partial charge in [0.25, 0.3) is 0 Å². The quantitative estimate of drug-likeness (QED) is 0.488. The lowest BCUT2D eigenvalue weighted by atomic mass is 9.96. The summed E-state index contributed by atoms with van der Waals surface area (Å²) in [6, 6.07) is 30.0. The minimum atomic E-state index is 0.344. The van der Waals surface area contributed by atoms with Gasteiger partial charge in [-0.05, 0) is 12.1 Å². The minimum Gasteiger partial charge on any atom is -0.383 e. The molecule has 1 aliphatic heterocycles. The number of nitrogens with zero attached hydrogens (tertiary/aromatic N) is 2. The third kappa shape index (κ3) is 3.65. The van der Waals surface area contributed by atoms with Crippen LogP contribution in [0.3, 0.4) is 0 Å². The van der Waals surface area contributed by atoms with Gasteiger partial charge in [0.15, 0.2) is 0 Å². The van der Waals surface area contributed by atoms with Gasteiger partial charge in [0.1, 0.15) is 38.0 Å². The summed E-state index contributed by atoms with van der Waals surface area (Å²) in [5, 5.41) is 0.929. The van der Waals surface area contributed by atoms with E-state index in [2.05, 4.69) is 65.6 Å². The zero-order valence-corrected chi connectivity index (χ0v) is 17.0. The summed E-state index contributed by atoms with van der Waals surface area (Å²) in [6.45, 7) is 4.09. The third-order valence-corrected chi connectivity index (χ3v) is 6.12. The number of rotatable bonds is 4. The van der Waals surface area contributed by atoms with Crippen LogP contribution < -0.4 is 15.5 Å². The van der Waals surface area contributed by atoms with E-state index in [1.165, 1.54) is 16.0 Å². The molecule has 0 unspecified atom stereocenters. The first-order chi connectivity index (χ1) is 14.8. The van der Waals surface area contributed by atoms with Gasteiger partial charge in [0, 0.05) is 16.5 Å². The Bertz CT molecular complexity index is 1080. The minimum absolute atomic E-state index is 0.344. The van der Waals surface area contributed by atoms with Crippen LogP contribution in [0, 0.1) is 0 Å². The smallest absolute Gasteiger partial charge is 0.330 e. The fourth-order valence-electron chi connectivity index (χ4n) is 4.60. The van der Waals surface area contributed by atoms with Crippen molar-refractivity contribution in [2.75, 3.05) is 31.9 Å². The van der Waals surface area contributed by atoms with Crippen molar-refractivity contribution in [1.82, 2.24) is 9.97 Å². The van der Waals surface area contributed by atoms with Crippen LogP contribution in [-0.4, -0.2) is 36.1 Å². The molecule has 1 saturated heterocycles. The van der Waals surface area contributed by atoms with Crippen molar-refractivity contribution in [3.05, 3.63) is 96.1 Å². The van der Waals surface area contributed by atoms with Crippen LogP contribution in [0.15, 0.2) is 84.9 Å². The molecule has 0 amide bonds. The van der Waals surface area contributed by atoms with Gasteiger partial charge in [-0.1, -0.05) is 72.8 Å². The van der Waals surface area contributed by atoms with Crippen LogP contribution in [-0.2, 0) is 0 Å². The Balaban J connectivity index is 1.39. The van der Waals surface area contributed by atoms with Crippen LogP contribution >= 0.6 is 0 Å². The van der Waals surface area contributed by atoms with Crippen molar-refractivity contribution in [3.63, 3.8) is 0 Å². The fraction of sp³-hybridized carbons (Fsp3) is 0.200. The van der Waals surface area contributed by atoms with Gasteiger partial charge in [0.05, 0.1) is 5.52 Å². The van der Waals surface area contributed by atoms with Crippen molar-refractivity contribution in [2.45, 2.75) is 6.04 Å². The van der Waals surface area contributed by atoms with E-state index in [4.69, 9.17) is 10.7 Å². The van der Waals surface area contributed by atoms with E-state index >= 15 is 0 Å². The first-order valence-electron chi connectivity index (χ1n) is 10.6. The topological polar surface area (TPSA) is 60.7 Å². The van der Waals surface area contributed by atoms with Crippen LogP contribution in [0.2, 0.25) is 0 Å². The maximum atomic E-state index is 6.22. The number of para-hydroxylation sites is 1. The molecule has 150 valence electrons. The highest BCUT2D eigenvalue weighted by molar-refractivity contribution is 5.88. The Kier molecular flexibility index (Phi) is 5.13. The number of benzene rings is 3. The Morgan fingerprint density at radius 3 is 1.87 bits per heavy atom. The number of hydrogen-bond donors (Lipinski definition) is 3. The predicted octanol–water partition coefficient (Wildman–Crippen LogP) is 1.42. The largest absolute Gasteiger partial charge is 0.383 e. The molecule has 2 heterocycles. The summed E-state index contributed by atoms with van der Waals surface area (Å²) in [5.41, 5.74) is 9.88. The van der Waals surface area contributed by atoms with Crippen molar-refractivity contribution in [1.29, 1.82) is 0 Å². The molecule has 0 radical (unpaired) electrons. The SMILES string of the molecule is Nc1nc([NH+]2CC[NH+](C(c3ccccc3)c3ccccc3)CC2)nc2ccccc12. The number of fused-ring (bicyclic) bond motifs is 1. The number of nitrogen functional groups attached to an aromatic ring is 1. The number of quaternary nitrogens is 2. The van der Waals surface area contributed by atoms with Gasteiger partial charge in [0.2, 0.25) is 0 Å². The van der Waals surface area contributed by atoms with Crippen molar-refractivity contribution in [3.8, 4) is 0 Å². The molecule has 0 spiro atoms. The lowest BCUT2D eigenvalue weighted by Gasteiger charge is -2.34. The molecule has 5 rings (SSSR count). The summed E-state index contributed by atoms with van der Waals surface area (Å²) >= 11 is 0. The average Bonchev–Trinajstić information content (AvgIpc) is 2.81. The van der Waals surface area contributed by atoms with E-state index in [9.17, 15) is 0 Å². The second kappa shape index (κ2) is 8.22. The Labute approximate surface area is 176 Å². The Morgan fingerprint density at radius 2 is 1.23 bits per heavy atom. The zero-order valence-electron chi connectivity index (χ0n) is 17.0. The molecular formula is C25H27N5+2. The van der Waals surface area contributed by atoms with E-state index < -0.39 is 0 Å². The number of anilines is 1. The predicted molar refractivity (Wildman–Crippen MR) is 120 cm³/mol. The molecule has 0 aliphatic carbocycles. The molecule has 1 aliphatic rings. The second-order valence-corrected chi connectivity index (χ2v) is 7.97. The van der Waals surface area contributed by atoms with Crippen molar-refractivity contribution >= 4 is 22.7 Å². The zero-order chi connectivity index (χ0) is 20.3. The lowest BCUT2D eigenvalue weighted by molar-refractivity contribution is -1.00. The Morgan fingerprint density at radius 1 is 0.667 bits per heavy atom. The molecule has 0 saturated carbocycles. The summed E-state index contributed by atoms with van der Waals surface area (Å²) in [6.07, 6.45) is 0. The molecule has 4 N–H and O–H groups in total. The molecule has 1 aromatic heterocycles. The van der Waals surface area contributed by atoms with E-state index in [1.54, 1.807) is 4.90 Å². The summed E-state index contributed by atoms with van der Waals surface area (Å²) < 4.78 is 0. The summed E-state index contributed by atoms with van der Waals surface area (Å²) in [7, 11) is 0. The molecule has 0 atom stereocenters. The maximum Gasteiger partial charge on any atom is 0.330 e. The average molecular weight is 398 g/mol. The normalized spacial score (nSPS) is 19.2. The van der Waals surface area contributed by atoms with Crippen LogP contribution in [0.1, 0.15) is 17.2 Å². The van der Waals surface area contributed by atoms with Crippen molar-refractivity contribution in [2.24, 2.45) is 0 Å². The number of aromatic nitrogens is 2. The Hall–Kier alpha value is -3.28. The van der Waals surface area contributed by atoms with Gasteiger partial charge in [-0.2, -0.15) is 9.97 Å². The first kappa shape index (κ1) is 18.7. The second-order valence-electron chi connectivity index (χ2n) is 7.97. The van der Waals surface area contributed by atoms with E-state index in [0.717, 1.165) is 43.0 Å². The van der Waals surface area contributed by atoms with Gasteiger partial charge in [-0.15, -0.1) is 0 Å². The molecule has 3 aromatic carbocycles. The molecule has 1 fully saturated rings.